The third-order valence-electron chi connectivity index (χ3n) is 4.71. The molecule has 3 aliphatic rings. The predicted molar refractivity (Wildman–Crippen MR) is 78.0 cm³/mol. The fourth-order valence-electron chi connectivity index (χ4n) is 3.89. The van der Waals surface area contributed by atoms with Gasteiger partial charge in [0, 0.05) is 5.92 Å². The zero-order valence-electron chi connectivity index (χ0n) is 11.4. The van der Waals surface area contributed by atoms with Gasteiger partial charge in [-0.05, 0) is 34.4 Å². The molecule has 0 N–H and O–H groups in total. The Balaban J connectivity index is 2.05. The highest BCUT2D eigenvalue weighted by Crippen LogP contribution is 2.46. The molecule has 0 unspecified atom stereocenters. The number of methoxy groups -OCH3 is 1. The van der Waals surface area contributed by atoms with E-state index in [0.717, 1.165) is 12.8 Å². The van der Waals surface area contributed by atoms with Gasteiger partial charge in [0.25, 0.3) is 0 Å². The smallest absolute Gasteiger partial charge is 0.312 e. The quantitative estimate of drug-likeness (QED) is 0.722. The molecule has 100 valence electrons. The Bertz CT molecular complexity index is 780. The molecule has 0 radical (unpaired) electrons. The van der Waals surface area contributed by atoms with Gasteiger partial charge in [-0.3, -0.25) is 4.79 Å². The van der Waals surface area contributed by atoms with Gasteiger partial charge in [0.15, 0.2) is 0 Å². The predicted octanol–water partition coefficient (Wildman–Crippen LogP) is 1.70. The van der Waals surface area contributed by atoms with Gasteiger partial charge in [0.05, 0.1) is 13.0 Å². The maximum Gasteiger partial charge on any atom is 0.312 e. The molecule has 0 bridgehead atoms. The van der Waals surface area contributed by atoms with Gasteiger partial charge >= 0.3 is 5.97 Å². The van der Waals surface area contributed by atoms with Crippen LogP contribution in [0.2, 0.25) is 0 Å². The maximum atomic E-state index is 12.1. The van der Waals surface area contributed by atoms with Crippen molar-refractivity contribution in [3.63, 3.8) is 0 Å². The van der Waals surface area contributed by atoms with Gasteiger partial charge < -0.3 is 4.74 Å². The number of carbonyl (C=O) groups excluding carboxylic acids is 1. The summed E-state index contributed by atoms with van der Waals surface area (Å²) in [6, 6.07) is 8.43. The van der Waals surface area contributed by atoms with Crippen molar-refractivity contribution in [2.24, 2.45) is 11.8 Å². The summed E-state index contributed by atoms with van der Waals surface area (Å²) < 4.78 is 5.03. The fraction of sp³-hybridized carbons (Fsp3) is 0.278. The van der Waals surface area contributed by atoms with Gasteiger partial charge in [-0.2, -0.15) is 0 Å². The first kappa shape index (κ1) is 11.7. The highest BCUT2D eigenvalue weighted by atomic mass is 16.5. The zero-order chi connectivity index (χ0) is 13.7. The number of ether oxygens (including phenoxy) is 1. The zero-order valence-corrected chi connectivity index (χ0v) is 11.4. The van der Waals surface area contributed by atoms with E-state index in [9.17, 15) is 4.79 Å². The number of esters is 1. The van der Waals surface area contributed by atoms with Crippen LogP contribution in [0.3, 0.4) is 0 Å². The lowest BCUT2D eigenvalue weighted by atomic mass is 9.71. The topological polar surface area (TPSA) is 26.3 Å². The summed E-state index contributed by atoms with van der Waals surface area (Å²) in [4.78, 5) is 12.1. The minimum atomic E-state index is -0.0929. The van der Waals surface area contributed by atoms with E-state index in [1.165, 1.54) is 34.3 Å². The molecular weight excluding hydrogens is 248 g/mol. The van der Waals surface area contributed by atoms with Crippen LogP contribution in [0.5, 0.6) is 0 Å². The molecular formula is C18H16O2. The molecule has 1 saturated carbocycles. The number of fused-ring (bicyclic) bond motifs is 1. The van der Waals surface area contributed by atoms with Crippen molar-refractivity contribution in [1.82, 2.24) is 0 Å². The highest BCUT2D eigenvalue weighted by Gasteiger charge is 2.40. The average Bonchev–Trinajstić information content (AvgIpc) is 2.85. The second-order valence-corrected chi connectivity index (χ2v) is 5.60. The molecule has 0 spiro atoms. The lowest BCUT2D eigenvalue weighted by Gasteiger charge is -2.33. The summed E-state index contributed by atoms with van der Waals surface area (Å²) >= 11 is 0. The molecule has 2 nitrogen and oxygen atoms in total. The number of hydrogen-bond donors (Lipinski definition) is 0. The minimum absolute atomic E-state index is 0.0905. The average molecular weight is 264 g/mol. The third-order valence-corrected chi connectivity index (χ3v) is 4.71. The number of allylic oxidation sites excluding steroid dienone is 4. The summed E-state index contributed by atoms with van der Waals surface area (Å²) in [6.07, 6.45) is 8.39. The standard InChI is InChI=1S/C18H16O2/c1-20-18(19)15-10-9-11-5-4-8-13-12-6-2-3-7-14(12)17(15)16(11)13/h2-8,15-16H,9-10H2,1H3/t15-,16+/m0/s1. The highest BCUT2D eigenvalue weighted by molar-refractivity contribution is 5.92. The molecule has 1 aromatic rings. The second kappa shape index (κ2) is 4.20. The van der Waals surface area contributed by atoms with Crippen molar-refractivity contribution in [1.29, 1.82) is 0 Å². The largest absolute Gasteiger partial charge is 0.469 e. The van der Waals surface area contributed by atoms with Crippen molar-refractivity contribution in [3.8, 4) is 0 Å². The summed E-state index contributed by atoms with van der Waals surface area (Å²) in [5.74, 6) is 0.118. The van der Waals surface area contributed by atoms with E-state index in [-0.39, 0.29) is 11.9 Å². The molecule has 1 fully saturated rings. The maximum absolute atomic E-state index is 12.1. The lowest BCUT2D eigenvalue weighted by molar-refractivity contribution is -0.143. The SMILES string of the molecule is COC(=O)[C@H]1CCC2=CC=CC3=c4ccccc4=C1[C@H]23. The summed E-state index contributed by atoms with van der Waals surface area (Å²) in [5.41, 5.74) is 4.04. The Kier molecular flexibility index (Phi) is 2.46. The van der Waals surface area contributed by atoms with E-state index >= 15 is 0 Å². The van der Waals surface area contributed by atoms with E-state index in [0.29, 0.717) is 5.92 Å². The Morgan fingerprint density at radius 1 is 1.25 bits per heavy atom. The van der Waals surface area contributed by atoms with Crippen LogP contribution in [0.4, 0.5) is 0 Å². The van der Waals surface area contributed by atoms with Crippen LogP contribution in [0, 0.1) is 11.8 Å². The first-order chi connectivity index (χ1) is 9.81. The molecule has 0 aliphatic heterocycles. The van der Waals surface area contributed by atoms with Crippen LogP contribution >= 0.6 is 0 Å². The monoisotopic (exact) mass is 264 g/mol. The van der Waals surface area contributed by atoms with Crippen molar-refractivity contribution in [2.45, 2.75) is 12.8 Å². The number of hydrogen-bond acceptors (Lipinski definition) is 2. The van der Waals surface area contributed by atoms with Gasteiger partial charge in [-0.25, -0.2) is 0 Å². The van der Waals surface area contributed by atoms with Gasteiger partial charge in [-0.15, -0.1) is 0 Å². The van der Waals surface area contributed by atoms with Gasteiger partial charge in [-0.1, -0.05) is 48.1 Å². The molecule has 2 atom stereocenters. The van der Waals surface area contributed by atoms with Crippen molar-refractivity contribution in [2.75, 3.05) is 7.11 Å². The van der Waals surface area contributed by atoms with E-state index in [1.54, 1.807) is 0 Å². The minimum Gasteiger partial charge on any atom is -0.469 e. The van der Waals surface area contributed by atoms with Crippen molar-refractivity contribution in [3.05, 3.63) is 58.5 Å². The lowest BCUT2D eigenvalue weighted by Crippen LogP contribution is -2.31. The van der Waals surface area contributed by atoms with Crippen molar-refractivity contribution >= 4 is 17.1 Å². The Morgan fingerprint density at radius 3 is 2.85 bits per heavy atom. The summed E-state index contributed by atoms with van der Waals surface area (Å²) in [6.45, 7) is 0. The molecule has 1 aromatic carbocycles. The van der Waals surface area contributed by atoms with Crippen LogP contribution < -0.4 is 10.4 Å². The Labute approximate surface area is 117 Å². The molecule has 3 aliphatic carbocycles. The van der Waals surface area contributed by atoms with E-state index in [1.807, 2.05) is 0 Å². The van der Waals surface area contributed by atoms with E-state index in [4.69, 9.17) is 4.74 Å². The molecule has 0 saturated heterocycles. The molecule has 2 heteroatoms. The number of rotatable bonds is 1. The summed E-state index contributed by atoms with van der Waals surface area (Å²) in [5, 5.41) is 2.52. The first-order valence-corrected chi connectivity index (χ1v) is 7.09. The van der Waals surface area contributed by atoms with Gasteiger partial charge in [0.2, 0.25) is 0 Å². The van der Waals surface area contributed by atoms with Crippen LogP contribution in [0.1, 0.15) is 12.8 Å². The molecule has 0 aromatic heterocycles. The first-order valence-electron chi connectivity index (χ1n) is 7.09. The van der Waals surface area contributed by atoms with Gasteiger partial charge in [0.1, 0.15) is 0 Å². The summed E-state index contributed by atoms with van der Waals surface area (Å²) in [7, 11) is 1.49. The molecule has 0 amide bonds. The normalized spacial score (nSPS) is 25.9. The van der Waals surface area contributed by atoms with Crippen LogP contribution in [0.25, 0.3) is 11.1 Å². The molecule has 20 heavy (non-hydrogen) atoms. The fourth-order valence-corrected chi connectivity index (χ4v) is 3.89. The third kappa shape index (κ3) is 1.42. The van der Waals surface area contributed by atoms with Crippen molar-refractivity contribution < 1.29 is 9.53 Å². The Morgan fingerprint density at radius 2 is 2.05 bits per heavy atom. The van der Waals surface area contributed by atoms with Crippen LogP contribution in [-0.2, 0) is 9.53 Å². The second-order valence-electron chi connectivity index (χ2n) is 5.60. The van der Waals surface area contributed by atoms with E-state index in [2.05, 4.69) is 42.5 Å². The van der Waals surface area contributed by atoms with E-state index < -0.39 is 0 Å². The Hall–Kier alpha value is -2.09. The molecule has 0 heterocycles. The van der Waals surface area contributed by atoms with Crippen LogP contribution in [0.15, 0.2) is 48.1 Å². The number of benzene rings is 1. The molecule has 4 rings (SSSR count). The van der Waals surface area contributed by atoms with Crippen LogP contribution in [-0.4, -0.2) is 13.1 Å². The number of carbonyl (C=O) groups is 1.